The molecule has 1 aliphatic heterocycles. The monoisotopic (exact) mass is 261 g/mol. The summed E-state index contributed by atoms with van der Waals surface area (Å²) in [4.78, 5) is 22.8. The van der Waals surface area contributed by atoms with Crippen molar-refractivity contribution in [1.29, 1.82) is 0 Å². The van der Waals surface area contributed by atoms with Crippen LogP contribution < -0.4 is 0 Å². The van der Waals surface area contributed by atoms with Crippen molar-refractivity contribution >= 4 is 21.8 Å². The van der Waals surface area contributed by atoms with Gasteiger partial charge in [0.15, 0.2) is 0 Å². The van der Waals surface area contributed by atoms with Crippen LogP contribution in [0.25, 0.3) is 0 Å². The molecule has 2 rings (SSSR count). The first kappa shape index (κ1) is 12.5. The number of fused-ring (bicyclic) bond motifs is 2. The van der Waals surface area contributed by atoms with Crippen LogP contribution in [0.3, 0.4) is 0 Å². The van der Waals surface area contributed by atoms with Gasteiger partial charge >= 0.3 is 5.97 Å². The maximum absolute atomic E-state index is 11.8. The van der Waals surface area contributed by atoms with Crippen molar-refractivity contribution in [2.45, 2.75) is 12.8 Å². The van der Waals surface area contributed by atoms with E-state index in [0.717, 1.165) is 6.26 Å². The van der Waals surface area contributed by atoms with Crippen molar-refractivity contribution in [3.8, 4) is 0 Å². The molecule has 2 atom stereocenters. The van der Waals surface area contributed by atoms with E-state index in [1.807, 2.05) is 0 Å². The molecular formula is C10H15NO5S. The minimum atomic E-state index is -3.30. The zero-order valence-corrected chi connectivity index (χ0v) is 10.3. The van der Waals surface area contributed by atoms with Crippen LogP contribution >= 0.6 is 0 Å². The second-order valence-electron chi connectivity index (χ2n) is 4.88. The Morgan fingerprint density at radius 3 is 2.12 bits per heavy atom. The Balaban J connectivity index is 2.19. The van der Waals surface area contributed by atoms with Crippen molar-refractivity contribution in [2.24, 2.45) is 17.8 Å². The van der Waals surface area contributed by atoms with E-state index in [4.69, 9.17) is 5.11 Å². The number of aliphatic carboxylic acids is 1. The quantitative estimate of drug-likeness (QED) is 0.727. The molecule has 2 bridgehead atoms. The highest BCUT2D eigenvalue weighted by molar-refractivity contribution is 7.88. The molecule has 1 saturated carbocycles. The molecule has 1 heterocycles. The summed E-state index contributed by atoms with van der Waals surface area (Å²) >= 11 is 0. The van der Waals surface area contributed by atoms with E-state index in [1.54, 1.807) is 0 Å². The van der Waals surface area contributed by atoms with Crippen LogP contribution in [0.5, 0.6) is 0 Å². The first-order valence-electron chi connectivity index (χ1n) is 5.50. The number of ketones is 1. The van der Waals surface area contributed by atoms with Crippen molar-refractivity contribution in [3.05, 3.63) is 0 Å². The van der Waals surface area contributed by atoms with Crippen LogP contribution in [0, 0.1) is 17.8 Å². The SMILES string of the molecule is CS(=O)(=O)N1CC2CC(C(=O)O)CC(C1)C2=O. The number of carboxylic acids is 1. The molecule has 6 nitrogen and oxygen atoms in total. The fraction of sp³-hybridized carbons (Fsp3) is 0.800. The lowest BCUT2D eigenvalue weighted by Gasteiger charge is -2.40. The molecule has 0 aromatic rings. The molecule has 0 amide bonds. The number of carboxylic acid groups (broad SMARTS) is 1. The van der Waals surface area contributed by atoms with Crippen molar-refractivity contribution in [3.63, 3.8) is 0 Å². The van der Waals surface area contributed by atoms with Gasteiger partial charge in [-0.1, -0.05) is 0 Å². The number of nitrogens with zero attached hydrogens (tertiary/aromatic N) is 1. The number of sulfonamides is 1. The predicted molar refractivity (Wildman–Crippen MR) is 58.8 cm³/mol. The molecular weight excluding hydrogens is 246 g/mol. The molecule has 7 heteroatoms. The second kappa shape index (κ2) is 4.06. The molecule has 17 heavy (non-hydrogen) atoms. The minimum absolute atomic E-state index is 0.0300. The van der Waals surface area contributed by atoms with Gasteiger partial charge in [0.2, 0.25) is 10.0 Å². The first-order chi connectivity index (χ1) is 7.79. The van der Waals surface area contributed by atoms with Gasteiger partial charge in [-0.25, -0.2) is 12.7 Å². The van der Waals surface area contributed by atoms with E-state index in [9.17, 15) is 18.0 Å². The molecule has 0 radical (unpaired) electrons. The molecule has 2 aliphatic rings. The van der Waals surface area contributed by atoms with Gasteiger partial charge in [-0.2, -0.15) is 0 Å². The van der Waals surface area contributed by atoms with E-state index >= 15 is 0 Å². The number of piperidine rings is 1. The van der Waals surface area contributed by atoms with E-state index in [2.05, 4.69) is 0 Å². The molecule has 1 N–H and O–H groups in total. The van der Waals surface area contributed by atoms with Crippen LogP contribution in [-0.2, 0) is 19.6 Å². The number of hydrogen-bond donors (Lipinski definition) is 1. The zero-order valence-electron chi connectivity index (χ0n) is 9.50. The summed E-state index contributed by atoms with van der Waals surface area (Å²) in [6.45, 7) is 0.274. The Morgan fingerprint density at radius 2 is 1.76 bits per heavy atom. The number of Topliss-reactive ketones (excluding diaryl/α,β-unsaturated/α-hetero) is 1. The third-order valence-corrected chi connectivity index (χ3v) is 4.85. The van der Waals surface area contributed by atoms with Gasteiger partial charge in [0.1, 0.15) is 5.78 Å². The normalized spacial score (nSPS) is 34.6. The van der Waals surface area contributed by atoms with E-state index in [-0.39, 0.29) is 31.7 Å². The lowest BCUT2D eigenvalue weighted by molar-refractivity contribution is -0.148. The highest BCUT2D eigenvalue weighted by Gasteiger charge is 2.45. The first-order valence-corrected chi connectivity index (χ1v) is 7.35. The van der Waals surface area contributed by atoms with E-state index in [0.29, 0.717) is 0 Å². The average molecular weight is 261 g/mol. The molecule has 2 unspecified atom stereocenters. The van der Waals surface area contributed by atoms with Gasteiger partial charge in [0.05, 0.1) is 12.2 Å². The van der Waals surface area contributed by atoms with Crippen molar-refractivity contribution in [1.82, 2.24) is 4.31 Å². The van der Waals surface area contributed by atoms with Crippen LogP contribution in [0.15, 0.2) is 0 Å². The van der Waals surface area contributed by atoms with Gasteiger partial charge in [-0.05, 0) is 12.8 Å². The van der Waals surface area contributed by atoms with E-state index in [1.165, 1.54) is 4.31 Å². The Bertz CT molecular complexity index is 439. The Morgan fingerprint density at radius 1 is 1.29 bits per heavy atom. The molecule has 2 fully saturated rings. The van der Waals surface area contributed by atoms with Crippen LogP contribution in [0.4, 0.5) is 0 Å². The Labute approximate surface area is 99.6 Å². The summed E-state index contributed by atoms with van der Waals surface area (Å²) in [5, 5.41) is 8.96. The number of hydrogen-bond acceptors (Lipinski definition) is 4. The smallest absolute Gasteiger partial charge is 0.306 e. The largest absolute Gasteiger partial charge is 0.481 e. The minimum Gasteiger partial charge on any atom is -0.481 e. The Kier molecular flexibility index (Phi) is 2.99. The lowest BCUT2D eigenvalue weighted by Crippen LogP contribution is -2.53. The zero-order chi connectivity index (χ0) is 12.8. The molecule has 1 aliphatic carbocycles. The second-order valence-corrected chi connectivity index (χ2v) is 6.87. The number of rotatable bonds is 2. The highest BCUT2D eigenvalue weighted by atomic mass is 32.2. The maximum Gasteiger partial charge on any atom is 0.306 e. The number of carbonyl (C=O) groups excluding carboxylic acids is 1. The van der Waals surface area contributed by atoms with Gasteiger partial charge < -0.3 is 5.11 Å². The fourth-order valence-corrected chi connectivity index (χ4v) is 3.62. The summed E-state index contributed by atoms with van der Waals surface area (Å²) in [5.41, 5.74) is 0. The van der Waals surface area contributed by atoms with Crippen LogP contribution in [0.2, 0.25) is 0 Å². The van der Waals surface area contributed by atoms with Gasteiger partial charge in [0, 0.05) is 24.9 Å². The summed E-state index contributed by atoms with van der Waals surface area (Å²) < 4.78 is 24.2. The third kappa shape index (κ3) is 2.35. The summed E-state index contributed by atoms with van der Waals surface area (Å²) in [6.07, 6.45) is 1.64. The Hall–Kier alpha value is -0.950. The predicted octanol–water partition coefficient (Wildman–Crippen LogP) is -0.442. The molecule has 0 spiro atoms. The van der Waals surface area contributed by atoms with Crippen molar-refractivity contribution in [2.75, 3.05) is 19.3 Å². The maximum atomic E-state index is 11.8. The standard InChI is InChI=1S/C10H15NO5S/c1-17(15,16)11-4-7-2-6(10(13)14)3-8(5-11)9(7)12/h6-8H,2-5H2,1H3,(H,13,14). The van der Waals surface area contributed by atoms with Gasteiger partial charge in [0.25, 0.3) is 0 Å². The third-order valence-electron chi connectivity index (χ3n) is 3.61. The lowest BCUT2D eigenvalue weighted by atomic mass is 9.72. The molecule has 96 valence electrons. The van der Waals surface area contributed by atoms with Gasteiger partial charge in [-0.15, -0.1) is 0 Å². The van der Waals surface area contributed by atoms with E-state index < -0.39 is 33.7 Å². The van der Waals surface area contributed by atoms with Crippen LogP contribution in [-0.4, -0.2) is 48.9 Å². The summed E-state index contributed by atoms with van der Waals surface area (Å²) in [6, 6.07) is 0. The van der Waals surface area contributed by atoms with Crippen LogP contribution in [0.1, 0.15) is 12.8 Å². The highest BCUT2D eigenvalue weighted by Crippen LogP contribution is 2.36. The summed E-state index contributed by atoms with van der Waals surface area (Å²) in [5.74, 6) is -2.26. The average Bonchev–Trinajstić information content (AvgIpc) is 2.14. The van der Waals surface area contributed by atoms with Crippen molar-refractivity contribution < 1.29 is 23.1 Å². The fourth-order valence-electron chi connectivity index (χ4n) is 2.72. The molecule has 0 aromatic heterocycles. The number of carbonyl (C=O) groups is 2. The van der Waals surface area contributed by atoms with Gasteiger partial charge in [-0.3, -0.25) is 9.59 Å². The molecule has 0 aromatic carbocycles. The topological polar surface area (TPSA) is 91.8 Å². The molecule has 1 saturated heterocycles. The summed E-state index contributed by atoms with van der Waals surface area (Å²) in [7, 11) is -3.30.